The second-order valence-corrected chi connectivity index (χ2v) is 7.76. The van der Waals surface area contributed by atoms with Crippen molar-refractivity contribution < 1.29 is 19.1 Å². The lowest BCUT2D eigenvalue weighted by Crippen LogP contribution is -2.23. The normalized spacial score (nSPS) is 12.9. The minimum Gasteiger partial charge on any atom is -0.455 e. The van der Waals surface area contributed by atoms with Crippen molar-refractivity contribution in [3.63, 3.8) is 0 Å². The number of ether oxygens (including phenoxy) is 1. The first-order valence-corrected chi connectivity index (χ1v) is 9.71. The molecule has 1 heterocycles. The molecule has 6 nitrogen and oxygen atoms in total. The summed E-state index contributed by atoms with van der Waals surface area (Å²) in [7, 11) is 0. The predicted molar refractivity (Wildman–Crippen MR) is 104 cm³/mol. The molecule has 0 unspecified atom stereocenters. The van der Waals surface area contributed by atoms with Crippen molar-refractivity contribution in [1.82, 2.24) is 0 Å². The van der Waals surface area contributed by atoms with Gasteiger partial charge in [-0.1, -0.05) is 29.8 Å². The Morgan fingerprint density at radius 1 is 1.15 bits per heavy atom. The number of thiophene rings is 1. The Kier molecular flexibility index (Phi) is 5.91. The van der Waals surface area contributed by atoms with Gasteiger partial charge >= 0.3 is 5.97 Å². The van der Waals surface area contributed by atoms with E-state index in [4.69, 9.17) is 10.5 Å². The van der Waals surface area contributed by atoms with E-state index in [1.54, 1.807) is 0 Å². The van der Waals surface area contributed by atoms with Gasteiger partial charge in [0.1, 0.15) is 5.00 Å². The summed E-state index contributed by atoms with van der Waals surface area (Å²) in [5.74, 6) is -1.50. The molecule has 0 radical (unpaired) electrons. The van der Waals surface area contributed by atoms with Gasteiger partial charge in [0.2, 0.25) is 0 Å². The number of primary amides is 1. The van der Waals surface area contributed by atoms with E-state index in [-0.39, 0.29) is 6.42 Å². The number of carbonyl (C=O) groups is 3. The average Bonchev–Trinajstić information content (AvgIpc) is 3.00. The molecule has 0 saturated carbocycles. The Morgan fingerprint density at radius 2 is 1.85 bits per heavy atom. The number of carbonyl (C=O) groups excluding carboxylic acids is 3. The van der Waals surface area contributed by atoms with E-state index in [0.717, 1.165) is 47.3 Å². The molecule has 3 rings (SSSR count). The molecule has 7 heteroatoms. The number of fused-ring (bicyclic) bond motifs is 1. The highest BCUT2D eigenvalue weighted by atomic mass is 32.1. The number of amides is 2. The second-order valence-electron chi connectivity index (χ2n) is 6.65. The third-order valence-corrected chi connectivity index (χ3v) is 5.71. The number of aryl methyl sites for hydroxylation is 2. The lowest BCUT2D eigenvalue weighted by molar-refractivity contribution is -0.146. The van der Waals surface area contributed by atoms with Crippen molar-refractivity contribution in [3.05, 3.63) is 51.4 Å². The zero-order chi connectivity index (χ0) is 19.4. The van der Waals surface area contributed by atoms with Gasteiger partial charge in [0.15, 0.2) is 6.61 Å². The fourth-order valence-corrected chi connectivity index (χ4v) is 4.46. The van der Waals surface area contributed by atoms with Crippen molar-refractivity contribution in [2.24, 2.45) is 5.73 Å². The summed E-state index contributed by atoms with van der Waals surface area (Å²) in [6.07, 6.45) is 3.87. The molecule has 0 atom stereocenters. The van der Waals surface area contributed by atoms with Crippen molar-refractivity contribution in [1.29, 1.82) is 0 Å². The van der Waals surface area contributed by atoms with Crippen molar-refractivity contribution in [3.8, 4) is 0 Å². The lowest BCUT2D eigenvalue weighted by atomic mass is 9.95. The van der Waals surface area contributed by atoms with Crippen LogP contribution in [0.2, 0.25) is 0 Å². The maximum absolute atomic E-state index is 12.2. The van der Waals surface area contributed by atoms with E-state index >= 15 is 0 Å². The number of benzene rings is 1. The lowest BCUT2D eigenvalue weighted by Gasteiger charge is -2.11. The summed E-state index contributed by atoms with van der Waals surface area (Å²) < 4.78 is 5.05. The number of esters is 1. The van der Waals surface area contributed by atoms with Crippen LogP contribution >= 0.6 is 11.3 Å². The molecule has 0 fully saturated rings. The van der Waals surface area contributed by atoms with Crippen LogP contribution in [0.3, 0.4) is 0 Å². The monoisotopic (exact) mass is 386 g/mol. The van der Waals surface area contributed by atoms with Gasteiger partial charge in [0.05, 0.1) is 12.0 Å². The molecule has 1 aromatic carbocycles. The topological polar surface area (TPSA) is 98.5 Å². The molecule has 2 aromatic rings. The second kappa shape index (κ2) is 8.35. The molecule has 2 amide bonds. The van der Waals surface area contributed by atoms with Crippen LogP contribution in [0.25, 0.3) is 0 Å². The summed E-state index contributed by atoms with van der Waals surface area (Å²) >= 11 is 1.38. The molecular weight excluding hydrogens is 364 g/mol. The van der Waals surface area contributed by atoms with Gasteiger partial charge in [-0.3, -0.25) is 14.4 Å². The third kappa shape index (κ3) is 4.74. The largest absolute Gasteiger partial charge is 0.455 e. The predicted octanol–water partition coefficient (Wildman–Crippen LogP) is 2.76. The number of hydrogen-bond donors (Lipinski definition) is 2. The number of nitrogens with two attached hydrogens (primary N) is 1. The van der Waals surface area contributed by atoms with Crippen molar-refractivity contribution >= 4 is 34.1 Å². The number of nitrogens with one attached hydrogen (secondary N) is 1. The highest BCUT2D eigenvalue weighted by Gasteiger charge is 2.25. The molecule has 0 saturated heterocycles. The first-order valence-electron chi connectivity index (χ1n) is 8.89. The van der Waals surface area contributed by atoms with Gasteiger partial charge < -0.3 is 15.8 Å². The van der Waals surface area contributed by atoms with Gasteiger partial charge in [-0.25, -0.2) is 0 Å². The van der Waals surface area contributed by atoms with Crippen LogP contribution in [-0.4, -0.2) is 24.4 Å². The zero-order valence-electron chi connectivity index (χ0n) is 15.2. The van der Waals surface area contributed by atoms with Crippen LogP contribution in [0.5, 0.6) is 0 Å². The van der Waals surface area contributed by atoms with Crippen LogP contribution in [0, 0.1) is 6.92 Å². The fraction of sp³-hybridized carbons (Fsp3) is 0.350. The molecular formula is C20H22N2O4S. The van der Waals surface area contributed by atoms with E-state index in [0.29, 0.717) is 10.6 Å². The van der Waals surface area contributed by atoms with E-state index in [9.17, 15) is 14.4 Å². The smallest absolute Gasteiger partial charge is 0.310 e. The first kappa shape index (κ1) is 19.1. The molecule has 0 spiro atoms. The van der Waals surface area contributed by atoms with Crippen LogP contribution in [0.15, 0.2) is 24.3 Å². The van der Waals surface area contributed by atoms with E-state index < -0.39 is 24.4 Å². The summed E-state index contributed by atoms with van der Waals surface area (Å²) in [4.78, 5) is 37.0. The van der Waals surface area contributed by atoms with Gasteiger partial charge in [-0.15, -0.1) is 11.3 Å². The molecule has 1 aromatic heterocycles. The van der Waals surface area contributed by atoms with E-state index in [1.807, 2.05) is 31.2 Å². The van der Waals surface area contributed by atoms with E-state index in [2.05, 4.69) is 5.32 Å². The zero-order valence-corrected chi connectivity index (χ0v) is 16.0. The summed E-state index contributed by atoms with van der Waals surface area (Å²) in [6.45, 7) is 1.57. The maximum atomic E-state index is 12.2. The average molecular weight is 386 g/mol. The van der Waals surface area contributed by atoms with Crippen LogP contribution < -0.4 is 11.1 Å². The molecule has 1 aliphatic rings. The number of rotatable bonds is 6. The number of anilines is 1. The standard InChI is InChI=1S/C20H22N2O4S/c1-12-6-8-13(9-7-12)10-17(24)26-11-16(23)22-20-18(19(21)25)14-4-2-3-5-15(14)27-20/h6-9H,2-5,10-11H2,1H3,(H2,21,25)(H,22,23). The Balaban J connectivity index is 1.58. The van der Waals surface area contributed by atoms with Gasteiger partial charge in [-0.05, 0) is 43.7 Å². The molecule has 27 heavy (non-hydrogen) atoms. The van der Waals surface area contributed by atoms with Crippen molar-refractivity contribution in [2.45, 2.75) is 39.0 Å². The Bertz CT molecular complexity index is 871. The number of hydrogen-bond acceptors (Lipinski definition) is 5. The molecule has 142 valence electrons. The van der Waals surface area contributed by atoms with Crippen LogP contribution in [0.1, 0.15) is 44.8 Å². The highest BCUT2D eigenvalue weighted by molar-refractivity contribution is 7.17. The SMILES string of the molecule is Cc1ccc(CC(=O)OCC(=O)Nc2sc3c(c2C(N)=O)CCCC3)cc1. The van der Waals surface area contributed by atoms with Gasteiger partial charge in [0, 0.05) is 4.88 Å². The van der Waals surface area contributed by atoms with E-state index in [1.165, 1.54) is 11.3 Å². The Morgan fingerprint density at radius 3 is 2.56 bits per heavy atom. The summed E-state index contributed by atoms with van der Waals surface area (Å²) in [5.41, 5.74) is 8.79. The fourth-order valence-electron chi connectivity index (χ4n) is 3.15. The molecule has 1 aliphatic carbocycles. The van der Waals surface area contributed by atoms with Gasteiger partial charge in [0.25, 0.3) is 11.8 Å². The summed E-state index contributed by atoms with van der Waals surface area (Å²) in [6, 6.07) is 7.54. The Labute approximate surface area is 161 Å². The van der Waals surface area contributed by atoms with Crippen molar-refractivity contribution in [2.75, 3.05) is 11.9 Å². The van der Waals surface area contributed by atoms with Gasteiger partial charge in [-0.2, -0.15) is 0 Å². The summed E-state index contributed by atoms with van der Waals surface area (Å²) in [5, 5.41) is 3.13. The highest BCUT2D eigenvalue weighted by Crippen LogP contribution is 2.37. The molecule has 0 bridgehead atoms. The minimum atomic E-state index is -0.541. The molecule has 3 N–H and O–H groups in total. The van der Waals surface area contributed by atoms with Crippen LogP contribution in [-0.2, 0) is 33.6 Å². The van der Waals surface area contributed by atoms with Crippen LogP contribution in [0.4, 0.5) is 5.00 Å². The maximum Gasteiger partial charge on any atom is 0.310 e. The Hall–Kier alpha value is -2.67. The quantitative estimate of drug-likeness (QED) is 0.746. The first-order chi connectivity index (χ1) is 12.9. The third-order valence-electron chi connectivity index (χ3n) is 4.50. The minimum absolute atomic E-state index is 0.105. The molecule has 0 aliphatic heterocycles.